The van der Waals surface area contributed by atoms with Gasteiger partial charge in [0, 0.05) is 29.8 Å². The number of rotatable bonds is 5. The second-order valence-electron chi connectivity index (χ2n) is 7.00. The van der Waals surface area contributed by atoms with Gasteiger partial charge in [-0.2, -0.15) is 0 Å². The minimum atomic E-state index is -0.107. The molecule has 0 saturated heterocycles. The van der Waals surface area contributed by atoms with Gasteiger partial charge in [-0.05, 0) is 61.5 Å². The van der Waals surface area contributed by atoms with Gasteiger partial charge in [0.15, 0.2) is 0 Å². The molecule has 0 atom stereocenters. The fraction of sp³-hybridized carbons (Fsp3) is 0.120. The van der Waals surface area contributed by atoms with Gasteiger partial charge in [-0.25, -0.2) is 9.97 Å². The van der Waals surface area contributed by atoms with Crippen LogP contribution >= 0.6 is 0 Å². The number of nitrogens with one attached hydrogen (secondary N) is 2. The molecular formula is C25H21N5O2. The summed E-state index contributed by atoms with van der Waals surface area (Å²) in [6, 6.07) is 17.1. The van der Waals surface area contributed by atoms with Crippen LogP contribution in [0.2, 0.25) is 0 Å². The number of anilines is 2. The predicted molar refractivity (Wildman–Crippen MR) is 124 cm³/mol. The summed E-state index contributed by atoms with van der Waals surface area (Å²) >= 11 is 0. The molecule has 0 aliphatic heterocycles. The third-order valence-electron chi connectivity index (χ3n) is 4.60. The van der Waals surface area contributed by atoms with E-state index >= 15 is 0 Å². The molecule has 0 unspecified atom stereocenters. The molecule has 0 bridgehead atoms. The summed E-state index contributed by atoms with van der Waals surface area (Å²) in [5.74, 6) is 8.00. The summed E-state index contributed by atoms with van der Waals surface area (Å²) in [6.07, 6.45) is 3.26. The monoisotopic (exact) mass is 423 g/mol. The number of benzene rings is 2. The largest absolute Gasteiger partial charge is 0.455 e. The summed E-state index contributed by atoms with van der Waals surface area (Å²) in [6.45, 7) is 3.67. The van der Waals surface area contributed by atoms with Gasteiger partial charge in [-0.3, -0.25) is 9.78 Å². The van der Waals surface area contributed by atoms with Crippen LogP contribution in [-0.4, -0.2) is 27.4 Å². The van der Waals surface area contributed by atoms with E-state index < -0.39 is 0 Å². The molecule has 7 nitrogen and oxygen atoms in total. The number of aryl methyl sites for hydroxylation is 1. The van der Waals surface area contributed by atoms with Crippen molar-refractivity contribution in [3.8, 4) is 23.3 Å². The van der Waals surface area contributed by atoms with E-state index in [1.54, 1.807) is 6.20 Å². The lowest BCUT2D eigenvalue weighted by molar-refractivity contribution is -0.118. The van der Waals surface area contributed by atoms with Crippen molar-refractivity contribution in [2.75, 3.05) is 11.9 Å². The van der Waals surface area contributed by atoms with Crippen molar-refractivity contribution in [1.82, 2.24) is 20.3 Å². The van der Waals surface area contributed by atoms with Gasteiger partial charge < -0.3 is 15.4 Å². The summed E-state index contributed by atoms with van der Waals surface area (Å²) in [7, 11) is 0. The van der Waals surface area contributed by atoms with Gasteiger partial charge in [-0.15, -0.1) is 0 Å². The fourth-order valence-electron chi connectivity index (χ4n) is 3.00. The van der Waals surface area contributed by atoms with Crippen LogP contribution in [0, 0.1) is 18.8 Å². The summed E-state index contributed by atoms with van der Waals surface area (Å²) in [5, 5.41) is 6.84. The molecule has 0 aliphatic carbocycles. The van der Waals surface area contributed by atoms with Crippen LogP contribution in [0.5, 0.6) is 11.5 Å². The molecule has 2 aromatic heterocycles. The maximum Gasteiger partial charge on any atom is 0.217 e. The highest BCUT2D eigenvalue weighted by molar-refractivity contribution is 5.91. The van der Waals surface area contributed by atoms with E-state index in [1.165, 1.54) is 13.3 Å². The Morgan fingerprint density at radius 2 is 1.91 bits per heavy atom. The van der Waals surface area contributed by atoms with E-state index in [0.29, 0.717) is 12.4 Å². The van der Waals surface area contributed by atoms with Crippen LogP contribution in [0.4, 0.5) is 11.5 Å². The van der Waals surface area contributed by atoms with E-state index in [9.17, 15) is 4.79 Å². The average Bonchev–Trinajstić information content (AvgIpc) is 2.80. The molecule has 2 N–H and O–H groups in total. The van der Waals surface area contributed by atoms with Crippen LogP contribution in [0.3, 0.4) is 0 Å². The molecule has 0 radical (unpaired) electrons. The lowest BCUT2D eigenvalue weighted by Gasteiger charge is -2.11. The van der Waals surface area contributed by atoms with Crippen LogP contribution in [-0.2, 0) is 4.79 Å². The van der Waals surface area contributed by atoms with Crippen LogP contribution in [0.25, 0.3) is 10.9 Å². The summed E-state index contributed by atoms with van der Waals surface area (Å²) in [4.78, 5) is 23.9. The van der Waals surface area contributed by atoms with E-state index in [-0.39, 0.29) is 5.91 Å². The number of ether oxygens (including phenoxy) is 1. The molecule has 0 spiro atoms. The Hall–Kier alpha value is -4.44. The Balaban J connectivity index is 1.52. The number of hydrogen-bond acceptors (Lipinski definition) is 6. The lowest BCUT2D eigenvalue weighted by Crippen LogP contribution is -2.19. The smallest absolute Gasteiger partial charge is 0.217 e. The molecule has 1 amide bonds. The third kappa shape index (κ3) is 5.18. The predicted octanol–water partition coefficient (Wildman–Crippen LogP) is 4.36. The van der Waals surface area contributed by atoms with Gasteiger partial charge in [0.05, 0.1) is 17.8 Å². The maximum atomic E-state index is 11.0. The number of nitrogens with zero attached hydrogens (tertiary/aromatic N) is 3. The number of carbonyl (C=O) groups excluding carboxylic acids is 1. The second-order valence-corrected chi connectivity index (χ2v) is 7.00. The zero-order valence-electron chi connectivity index (χ0n) is 17.7. The first kappa shape index (κ1) is 20.8. The molecule has 7 heteroatoms. The standard InChI is InChI=1S/C25H21N5O2/c1-17-24(6-4-13-26-17)32-21-10-8-20(9-11-21)30-25-22-15-19(5-3-14-27-18(2)31)7-12-23(22)28-16-29-25/h4,6-13,15-16H,14H2,1-2H3,(H,27,31)(H,28,29,30). The minimum Gasteiger partial charge on any atom is -0.455 e. The fourth-order valence-corrected chi connectivity index (χ4v) is 3.00. The Labute approximate surface area is 185 Å². The van der Waals surface area contributed by atoms with Crippen LogP contribution in [0.15, 0.2) is 67.1 Å². The Morgan fingerprint density at radius 1 is 1.06 bits per heavy atom. The van der Waals surface area contributed by atoms with Crippen LogP contribution < -0.4 is 15.4 Å². The molecule has 0 aliphatic rings. The lowest BCUT2D eigenvalue weighted by atomic mass is 10.1. The molecule has 32 heavy (non-hydrogen) atoms. The highest BCUT2D eigenvalue weighted by Gasteiger charge is 2.06. The molecule has 0 saturated carbocycles. The molecule has 0 fully saturated rings. The molecule has 4 rings (SSSR count). The minimum absolute atomic E-state index is 0.107. The van der Waals surface area contributed by atoms with E-state index in [2.05, 4.69) is 37.4 Å². The van der Waals surface area contributed by atoms with Gasteiger partial charge in [0.25, 0.3) is 0 Å². The number of carbonyl (C=O) groups is 1. The van der Waals surface area contributed by atoms with Crippen molar-refractivity contribution in [2.24, 2.45) is 0 Å². The average molecular weight is 423 g/mol. The third-order valence-corrected chi connectivity index (χ3v) is 4.60. The topological polar surface area (TPSA) is 89.0 Å². The zero-order chi connectivity index (χ0) is 22.3. The van der Waals surface area contributed by atoms with Crippen molar-refractivity contribution in [3.05, 3.63) is 78.4 Å². The maximum absolute atomic E-state index is 11.0. The van der Waals surface area contributed by atoms with Crippen LogP contribution in [0.1, 0.15) is 18.2 Å². The number of fused-ring (bicyclic) bond motifs is 1. The summed E-state index contributed by atoms with van der Waals surface area (Å²) < 4.78 is 5.90. The Bertz CT molecular complexity index is 1320. The van der Waals surface area contributed by atoms with Gasteiger partial charge >= 0.3 is 0 Å². The van der Waals surface area contributed by atoms with Crippen molar-refractivity contribution >= 4 is 28.3 Å². The van der Waals surface area contributed by atoms with E-state index in [1.807, 2.05) is 61.5 Å². The molecule has 2 heterocycles. The van der Waals surface area contributed by atoms with Crippen molar-refractivity contribution in [3.63, 3.8) is 0 Å². The van der Waals surface area contributed by atoms with Gasteiger partial charge in [0.1, 0.15) is 23.6 Å². The SMILES string of the molecule is CC(=O)NCC#Cc1ccc2ncnc(Nc3ccc(Oc4cccnc4C)cc3)c2c1. The number of hydrogen-bond donors (Lipinski definition) is 2. The van der Waals surface area contributed by atoms with Crippen molar-refractivity contribution < 1.29 is 9.53 Å². The molecule has 2 aromatic carbocycles. The number of amides is 1. The van der Waals surface area contributed by atoms with E-state index in [4.69, 9.17) is 4.74 Å². The molecule has 4 aromatic rings. The van der Waals surface area contributed by atoms with Gasteiger partial charge in [0.2, 0.25) is 5.91 Å². The zero-order valence-corrected chi connectivity index (χ0v) is 17.7. The highest BCUT2D eigenvalue weighted by Crippen LogP contribution is 2.27. The summed E-state index contributed by atoms with van der Waals surface area (Å²) in [5.41, 5.74) is 3.32. The second kappa shape index (κ2) is 9.58. The normalized spacial score (nSPS) is 10.2. The van der Waals surface area contributed by atoms with E-state index in [0.717, 1.165) is 39.3 Å². The van der Waals surface area contributed by atoms with Crippen molar-refractivity contribution in [1.29, 1.82) is 0 Å². The molecular weight excluding hydrogens is 402 g/mol. The Morgan fingerprint density at radius 3 is 2.69 bits per heavy atom. The van der Waals surface area contributed by atoms with Gasteiger partial charge in [-0.1, -0.05) is 11.8 Å². The van der Waals surface area contributed by atoms with Crippen molar-refractivity contribution in [2.45, 2.75) is 13.8 Å². The molecule has 158 valence electrons. The highest BCUT2D eigenvalue weighted by atomic mass is 16.5. The first-order valence-electron chi connectivity index (χ1n) is 10.0. The first-order valence-corrected chi connectivity index (χ1v) is 10.0. The Kier molecular flexibility index (Phi) is 6.23. The number of aromatic nitrogens is 3. The first-order chi connectivity index (χ1) is 15.6. The number of pyridine rings is 1. The quantitative estimate of drug-likeness (QED) is 0.464.